The highest BCUT2D eigenvalue weighted by molar-refractivity contribution is 5.69. The monoisotopic (exact) mass is 312 g/mol. The van der Waals surface area contributed by atoms with Gasteiger partial charge in [-0.05, 0) is 43.4 Å². The van der Waals surface area contributed by atoms with Crippen molar-refractivity contribution >= 4 is 5.97 Å². The first-order chi connectivity index (χ1) is 10.3. The van der Waals surface area contributed by atoms with Crippen LogP contribution in [0.2, 0.25) is 0 Å². The van der Waals surface area contributed by atoms with E-state index in [9.17, 15) is 4.79 Å². The lowest BCUT2D eigenvalue weighted by molar-refractivity contribution is -0.150. The molecule has 0 saturated carbocycles. The average Bonchev–Trinajstić information content (AvgIpc) is 2.36. The van der Waals surface area contributed by atoms with Crippen molar-refractivity contribution in [1.82, 2.24) is 0 Å². The Bertz CT molecular complexity index is 271. The number of ether oxygens (including phenoxy) is 1. The van der Waals surface area contributed by atoms with E-state index in [0.717, 1.165) is 25.7 Å². The minimum atomic E-state index is 0.0129. The van der Waals surface area contributed by atoms with Crippen LogP contribution in [0, 0.1) is 17.8 Å². The number of carbonyl (C=O) groups is 1. The molecule has 2 nitrogen and oxygen atoms in total. The summed E-state index contributed by atoms with van der Waals surface area (Å²) in [6, 6.07) is 0. The van der Waals surface area contributed by atoms with Gasteiger partial charge in [-0.25, -0.2) is 0 Å². The molecular formula is C20H40O2. The second kappa shape index (κ2) is 13.0. The maximum atomic E-state index is 12.0. The second-order valence-corrected chi connectivity index (χ2v) is 7.88. The lowest BCUT2D eigenvalue weighted by Crippen LogP contribution is -2.23. The van der Waals surface area contributed by atoms with E-state index in [1.807, 2.05) is 0 Å². The van der Waals surface area contributed by atoms with Crippen LogP contribution in [-0.4, -0.2) is 12.1 Å². The van der Waals surface area contributed by atoms with E-state index in [2.05, 4.69) is 41.5 Å². The van der Waals surface area contributed by atoms with Crippen LogP contribution in [0.15, 0.2) is 0 Å². The predicted octanol–water partition coefficient (Wildman–Crippen LogP) is 6.38. The topological polar surface area (TPSA) is 26.3 Å². The molecule has 0 bridgehead atoms. The smallest absolute Gasteiger partial charge is 0.306 e. The van der Waals surface area contributed by atoms with Gasteiger partial charge in [0, 0.05) is 6.42 Å². The van der Waals surface area contributed by atoms with Gasteiger partial charge in [0.05, 0.1) is 0 Å². The Kier molecular flexibility index (Phi) is 12.6. The van der Waals surface area contributed by atoms with Crippen LogP contribution in [0.3, 0.4) is 0 Å². The SMILES string of the molecule is CCCCCCCC(=O)OC(CC(C)C)CC(C)CC(C)C. The van der Waals surface area contributed by atoms with Gasteiger partial charge in [0.25, 0.3) is 0 Å². The molecule has 0 radical (unpaired) electrons. The lowest BCUT2D eigenvalue weighted by Gasteiger charge is -2.24. The molecule has 2 unspecified atom stereocenters. The molecule has 0 amide bonds. The minimum absolute atomic E-state index is 0.0129. The normalized spacial score (nSPS) is 14.4. The summed E-state index contributed by atoms with van der Waals surface area (Å²) in [5.41, 5.74) is 0. The summed E-state index contributed by atoms with van der Waals surface area (Å²) in [6.45, 7) is 13.4. The minimum Gasteiger partial charge on any atom is -0.462 e. The molecule has 22 heavy (non-hydrogen) atoms. The summed E-state index contributed by atoms with van der Waals surface area (Å²) in [7, 11) is 0. The van der Waals surface area contributed by atoms with E-state index >= 15 is 0 Å². The van der Waals surface area contributed by atoms with Gasteiger partial charge in [0.15, 0.2) is 0 Å². The maximum absolute atomic E-state index is 12.0. The van der Waals surface area contributed by atoms with Crippen LogP contribution in [0.5, 0.6) is 0 Å². The standard InChI is InChI=1S/C20H40O2/c1-7-8-9-10-11-12-20(21)22-19(14-17(4)5)15-18(6)13-16(2)3/h16-19H,7-15H2,1-6H3. The van der Waals surface area contributed by atoms with Crippen molar-refractivity contribution in [2.45, 2.75) is 105 Å². The summed E-state index contributed by atoms with van der Waals surface area (Å²) in [5.74, 6) is 1.93. The van der Waals surface area contributed by atoms with Gasteiger partial charge in [-0.15, -0.1) is 0 Å². The van der Waals surface area contributed by atoms with Crippen molar-refractivity contribution in [3.8, 4) is 0 Å². The molecule has 2 heteroatoms. The van der Waals surface area contributed by atoms with Crippen LogP contribution >= 0.6 is 0 Å². The highest BCUT2D eigenvalue weighted by Crippen LogP contribution is 2.22. The van der Waals surface area contributed by atoms with Crippen molar-refractivity contribution in [2.24, 2.45) is 17.8 Å². The Labute approximate surface area is 139 Å². The zero-order valence-electron chi connectivity index (χ0n) is 16.0. The zero-order chi connectivity index (χ0) is 17.0. The molecule has 0 aliphatic heterocycles. The molecule has 0 N–H and O–H groups in total. The predicted molar refractivity (Wildman–Crippen MR) is 95.9 cm³/mol. The number of esters is 1. The van der Waals surface area contributed by atoms with Gasteiger partial charge in [0.1, 0.15) is 6.10 Å². The van der Waals surface area contributed by atoms with Gasteiger partial charge in [-0.2, -0.15) is 0 Å². The number of unbranched alkanes of at least 4 members (excludes halogenated alkanes) is 4. The molecule has 0 heterocycles. The van der Waals surface area contributed by atoms with Crippen molar-refractivity contribution in [1.29, 1.82) is 0 Å². The van der Waals surface area contributed by atoms with Gasteiger partial charge < -0.3 is 4.74 Å². The van der Waals surface area contributed by atoms with Gasteiger partial charge in [-0.3, -0.25) is 4.79 Å². The number of hydrogen-bond donors (Lipinski definition) is 0. The number of hydrogen-bond acceptors (Lipinski definition) is 2. The highest BCUT2D eigenvalue weighted by atomic mass is 16.5. The average molecular weight is 313 g/mol. The third kappa shape index (κ3) is 13.2. The van der Waals surface area contributed by atoms with E-state index in [4.69, 9.17) is 4.74 Å². The Hall–Kier alpha value is -0.530. The summed E-state index contributed by atoms with van der Waals surface area (Å²) >= 11 is 0. The van der Waals surface area contributed by atoms with Crippen LogP contribution in [0.4, 0.5) is 0 Å². The molecule has 0 aromatic rings. The van der Waals surface area contributed by atoms with E-state index in [1.54, 1.807) is 0 Å². The Morgan fingerprint density at radius 2 is 1.41 bits per heavy atom. The largest absolute Gasteiger partial charge is 0.462 e. The zero-order valence-corrected chi connectivity index (χ0v) is 16.0. The first-order valence-electron chi connectivity index (χ1n) is 9.54. The molecule has 0 spiro atoms. The number of carbonyl (C=O) groups excluding carboxylic acids is 1. The van der Waals surface area contributed by atoms with Crippen LogP contribution in [0.25, 0.3) is 0 Å². The van der Waals surface area contributed by atoms with Crippen molar-refractivity contribution < 1.29 is 9.53 Å². The summed E-state index contributed by atoms with van der Waals surface area (Å²) in [5, 5.41) is 0. The quantitative estimate of drug-likeness (QED) is 0.291. The fraction of sp³-hybridized carbons (Fsp3) is 0.950. The van der Waals surface area contributed by atoms with Crippen LogP contribution < -0.4 is 0 Å². The highest BCUT2D eigenvalue weighted by Gasteiger charge is 2.19. The first kappa shape index (κ1) is 21.5. The van der Waals surface area contributed by atoms with Crippen LogP contribution in [0.1, 0.15) is 99.3 Å². The summed E-state index contributed by atoms with van der Waals surface area (Å²) in [6.07, 6.45) is 9.81. The van der Waals surface area contributed by atoms with Crippen molar-refractivity contribution in [3.05, 3.63) is 0 Å². The van der Waals surface area contributed by atoms with Gasteiger partial charge >= 0.3 is 5.97 Å². The lowest BCUT2D eigenvalue weighted by atomic mass is 9.91. The third-order valence-corrected chi connectivity index (χ3v) is 4.06. The summed E-state index contributed by atoms with van der Waals surface area (Å²) < 4.78 is 5.78. The molecule has 0 aromatic carbocycles. The molecule has 0 saturated heterocycles. The van der Waals surface area contributed by atoms with E-state index < -0.39 is 0 Å². The molecule has 0 aromatic heterocycles. The van der Waals surface area contributed by atoms with E-state index in [1.165, 1.54) is 25.7 Å². The number of rotatable bonds is 13. The molecule has 0 aliphatic carbocycles. The molecule has 0 aliphatic rings. The molecule has 2 atom stereocenters. The Morgan fingerprint density at radius 3 is 1.95 bits per heavy atom. The fourth-order valence-corrected chi connectivity index (χ4v) is 3.19. The fourth-order valence-electron chi connectivity index (χ4n) is 3.19. The van der Waals surface area contributed by atoms with Gasteiger partial charge in [0.2, 0.25) is 0 Å². The molecule has 0 fully saturated rings. The van der Waals surface area contributed by atoms with E-state index in [-0.39, 0.29) is 12.1 Å². The van der Waals surface area contributed by atoms with Crippen molar-refractivity contribution in [3.63, 3.8) is 0 Å². The van der Waals surface area contributed by atoms with Gasteiger partial charge in [-0.1, -0.05) is 67.2 Å². The Morgan fingerprint density at radius 1 is 0.818 bits per heavy atom. The molecular weight excluding hydrogens is 272 g/mol. The van der Waals surface area contributed by atoms with Crippen LogP contribution in [-0.2, 0) is 9.53 Å². The first-order valence-corrected chi connectivity index (χ1v) is 9.54. The maximum Gasteiger partial charge on any atom is 0.306 e. The second-order valence-electron chi connectivity index (χ2n) is 7.88. The van der Waals surface area contributed by atoms with Crippen molar-refractivity contribution in [2.75, 3.05) is 0 Å². The summed E-state index contributed by atoms with van der Waals surface area (Å²) in [4.78, 5) is 12.0. The Balaban J connectivity index is 4.13. The molecule has 132 valence electrons. The third-order valence-electron chi connectivity index (χ3n) is 4.06. The molecule has 0 rings (SSSR count). The van der Waals surface area contributed by atoms with E-state index in [0.29, 0.717) is 24.2 Å².